The Kier molecular flexibility index (Phi) is 4.19. The number of aromatic nitrogens is 5. The van der Waals surface area contributed by atoms with Gasteiger partial charge in [-0.15, -0.1) is 14.8 Å². The Morgan fingerprint density at radius 1 is 1.12 bits per heavy atom. The highest BCUT2D eigenvalue weighted by molar-refractivity contribution is 5.57. The zero-order valence-electron chi connectivity index (χ0n) is 15.0. The molecule has 3 heterocycles. The second-order valence-electron chi connectivity index (χ2n) is 6.29. The zero-order chi connectivity index (χ0) is 18.1. The molecule has 26 heavy (non-hydrogen) atoms. The molecule has 2 aromatic heterocycles. The van der Waals surface area contributed by atoms with Gasteiger partial charge in [0.25, 0.3) is 0 Å². The lowest BCUT2D eigenvalue weighted by Crippen LogP contribution is -2.35. The van der Waals surface area contributed by atoms with Crippen LogP contribution in [0.25, 0.3) is 5.65 Å². The number of hydrogen-bond acceptors (Lipinski definition) is 8. The van der Waals surface area contributed by atoms with Gasteiger partial charge in [0.15, 0.2) is 11.5 Å². The van der Waals surface area contributed by atoms with Crippen LogP contribution in [0.3, 0.4) is 0 Å². The zero-order valence-corrected chi connectivity index (χ0v) is 15.0. The summed E-state index contributed by atoms with van der Waals surface area (Å²) in [6.45, 7) is 1.85. The van der Waals surface area contributed by atoms with Gasteiger partial charge in [-0.25, -0.2) is 0 Å². The molecule has 1 aliphatic rings. The predicted molar refractivity (Wildman–Crippen MR) is 97.1 cm³/mol. The number of methoxy groups -OCH3 is 2. The summed E-state index contributed by atoms with van der Waals surface area (Å²) in [5.41, 5.74) is 1.74. The normalized spacial score (nSPS) is 16.9. The number of ether oxygens (including phenoxy) is 2. The quantitative estimate of drug-likeness (QED) is 0.676. The molecule has 1 fully saturated rings. The summed E-state index contributed by atoms with van der Waals surface area (Å²) >= 11 is 0. The molecule has 1 aromatic carbocycles. The van der Waals surface area contributed by atoms with Crippen LogP contribution in [-0.2, 0) is 0 Å². The maximum absolute atomic E-state index is 5.39. The average Bonchev–Trinajstić information content (AvgIpc) is 3.35. The molecule has 3 aromatic rings. The van der Waals surface area contributed by atoms with E-state index in [1.165, 1.54) is 4.63 Å². The lowest BCUT2D eigenvalue weighted by Gasteiger charge is -2.26. The van der Waals surface area contributed by atoms with Crippen LogP contribution in [0.5, 0.6) is 11.5 Å². The van der Waals surface area contributed by atoms with Gasteiger partial charge in [-0.1, -0.05) is 0 Å². The third-order valence-electron chi connectivity index (χ3n) is 4.83. The van der Waals surface area contributed by atoms with Crippen molar-refractivity contribution in [2.24, 2.45) is 0 Å². The first-order chi connectivity index (χ1) is 12.7. The summed E-state index contributed by atoms with van der Waals surface area (Å²) in [4.78, 5) is 4.51. The van der Waals surface area contributed by atoms with Crippen molar-refractivity contribution >= 4 is 17.2 Å². The maximum Gasteiger partial charge on any atom is 0.200 e. The smallest absolute Gasteiger partial charge is 0.200 e. The van der Waals surface area contributed by atoms with Gasteiger partial charge in [0, 0.05) is 50.1 Å². The van der Waals surface area contributed by atoms with Crippen LogP contribution in [0.1, 0.15) is 6.42 Å². The predicted octanol–water partition coefficient (Wildman–Crippen LogP) is 1.25. The standard InChI is InChI=1S/C17H21N7O2/c1-22(17-5-4-16-18-20-21-24(16)19-17)12-6-7-23(11-12)13-8-14(25-2)10-15(9-13)26-3/h4-5,8-10,12H,6-7,11H2,1-3H3. The van der Waals surface area contributed by atoms with E-state index < -0.39 is 0 Å². The second kappa shape index (κ2) is 6.66. The summed E-state index contributed by atoms with van der Waals surface area (Å²) in [5, 5.41) is 15.9. The molecular formula is C17H21N7O2. The van der Waals surface area contributed by atoms with Gasteiger partial charge in [0.05, 0.1) is 14.2 Å². The highest BCUT2D eigenvalue weighted by Crippen LogP contribution is 2.31. The molecule has 9 nitrogen and oxygen atoms in total. The molecule has 0 spiro atoms. The van der Waals surface area contributed by atoms with Crippen LogP contribution in [0.2, 0.25) is 0 Å². The number of benzene rings is 1. The Morgan fingerprint density at radius 2 is 1.88 bits per heavy atom. The Labute approximate surface area is 151 Å². The topological polar surface area (TPSA) is 80.9 Å². The van der Waals surface area contributed by atoms with Gasteiger partial charge in [-0.2, -0.15) is 0 Å². The summed E-state index contributed by atoms with van der Waals surface area (Å²) in [6, 6.07) is 10.1. The molecule has 1 aliphatic heterocycles. The fraction of sp³-hybridized carbons (Fsp3) is 0.412. The first-order valence-corrected chi connectivity index (χ1v) is 8.44. The summed E-state index contributed by atoms with van der Waals surface area (Å²) < 4.78 is 12.2. The Balaban J connectivity index is 1.52. The van der Waals surface area contributed by atoms with E-state index in [1.807, 2.05) is 30.3 Å². The molecule has 1 unspecified atom stereocenters. The highest BCUT2D eigenvalue weighted by Gasteiger charge is 2.27. The lowest BCUT2D eigenvalue weighted by molar-refractivity contribution is 0.394. The summed E-state index contributed by atoms with van der Waals surface area (Å²) in [7, 11) is 5.39. The molecule has 0 aliphatic carbocycles. The minimum atomic E-state index is 0.341. The summed E-state index contributed by atoms with van der Waals surface area (Å²) in [6.07, 6.45) is 1.03. The largest absolute Gasteiger partial charge is 0.497 e. The van der Waals surface area contributed by atoms with Gasteiger partial charge < -0.3 is 19.3 Å². The molecule has 0 bridgehead atoms. The molecule has 0 N–H and O–H groups in total. The number of hydrogen-bond donors (Lipinski definition) is 0. The Bertz CT molecular complexity index is 891. The van der Waals surface area contributed by atoms with Crippen molar-refractivity contribution in [3.8, 4) is 11.5 Å². The van der Waals surface area contributed by atoms with E-state index >= 15 is 0 Å². The van der Waals surface area contributed by atoms with Crippen molar-refractivity contribution in [3.05, 3.63) is 30.3 Å². The minimum Gasteiger partial charge on any atom is -0.497 e. The monoisotopic (exact) mass is 355 g/mol. The van der Waals surface area contributed by atoms with Crippen LogP contribution in [0.4, 0.5) is 11.5 Å². The van der Waals surface area contributed by atoms with E-state index in [-0.39, 0.29) is 0 Å². The first-order valence-electron chi connectivity index (χ1n) is 8.44. The van der Waals surface area contributed by atoms with Gasteiger partial charge >= 0.3 is 0 Å². The van der Waals surface area contributed by atoms with E-state index in [9.17, 15) is 0 Å². The number of anilines is 2. The number of tetrazole rings is 1. The summed E-state index contributed by atoms with van der Waals surface area (Å²) in [5.74, 6) is 2.43. The van der Waals surface area contributed by atoms with Gasteiger partial charge in [-0.3, -0.25) is 0 Å². The Morgan fingerprint density at radius 3 is 2.62 bits per heavy atom. The van der Waals surface area contributed by atoms with Crippen LogP contribution in [-0.4, -0.2) is 65.7 Å². The van der Waals surface area contributed by atoms with E-state index in [1.54, 1.807) is 14.2 Å². The molecule has 1 atom stereocenters. The van der Waals surface area contributed by atoms with Crippen LogP contribution in [0, 0.1) is 0 Å². The van der Waals surface area contributed by atoms with Crippen molar-refractivity contribution in [1.82, 2.24) is 25.3 Å². The first kappa shape index (κ1) is 16.4. The molecule has 136 valence electrons. The molecule has 4 rings (SSSR count). The third-order valence-corrected chi connectivity index (χ3v) is 4.83. The van der Waals surface area contributed by atoms with Crippen molar-refractivity contribution in [2.75, 3.05) is 44.2 Å². The number of fused-ring (bicyclic) bond motifs is 1. The fourth-order valence-electron chi connectivity index (χ4n) is 3.28. The second-order valence-corrected chi connectivity index (χ2v) is 6.29. The SMILES string of the molecule is COc1cc(OC)cc(N2CCC(N(C)c3ccc4nnnn4n3)C2)c1. The van der Waals surface area contributed by atoms with Gasteiger partial charge in [-0.05, 0) is 29.0 Å². The van der Waals surface area contributed by atoms with Crippen molar-refractivity contribution in [1.29, 1.82) is 0 Å². The highest BCUT2D eigenvalue weighted by atomic mass is 16.5. The molecular weight excluding hydrogens is 334 g/mol. The molecule has 0 radical (unpaired) electrons. The maximum atomic E-state index is 5.39. The van der Waals surface area contributed by atoms with E-state index in [0.29, 0.717) is 11.7 Å². The van der Waals surface area contributed by atoms with Crippen molar-refractivity contribution in [2.45, 2.75) is 12.5 Å². The fourth-order valence-corrected chi connectivity index (χ4v) is 3.28. The van der Waals surface area contributed by atoms with E-state index in [4.69, 9.17) is 9.47 Å². The Hall–Kier alpha value is -3.10. The molecule has 0 amide bonds. The van der Waals surface area contributed by atoms with Crippen LogP contribution in [0.15, 0.2) is 30.3 Å². The number of rotatable bonds is 5. The average molecular weight is 355 g/mol. The van der Waals surface area contributed by atoms with E-state index in [2.05, 4.69) is 37.5 Å². The van der Waals surface area contributed by atoms with Crippen LogP contribution >= 0.6 is 0 Å². The van der Waals surface area contributed by atoms with Crippen molar-refractivity contribution in [3.63, 3.8) is 0 Å². The minimum absolute atomic E-state index is 0.341. The molecule has 1 saturated heterocycles. The van der Waals surface area contributed by atoms with Gasteiger partial charge in [0.1, 0.15) is 11.5 Å². The molecule has 9 heteroatoms. The third kappa shape index (κ3) is 2.96. The van der Waals surface area contributed by atoms with Crippen molar-refractivity contribution < 1.29 is 9.47 Å². The van der Waals surface area contributed by atoms with E-state index in [0.717, 1.165) is 42.5 Å². The number of nitrogens with zero attached hydrogens (tertiary/aromatic N) is 7. The van der Waals surface area contributed by atoms with Gasteiger partial charge in [0.2, 0.25) is 0 Å². The van der Waals surface area contributed by atoms with Crippen LogP contribution < -0.4 is 19.3 Å². The lowest BCUT2D eigenvalue weighted by atomic mass is 10.2. The number of likely N-dealkylation sites (N-methyl/N-ethyl adjacent to an activating group) is 1. The molecule has 0 saturated carbocycles.